The first-order valence-electron chi connectivity index (χ1n) is 3.19. The Hall–Kier alpha value is -1.25. The Labute approximate surface area is 66.0 Å². The second kappa shape index (κ2) is 4.55. The third kappa shape index (κ3) is 5.21. The molecule has 0 aliphatic rings. The monoisotopic (exact) mass is 156 g/mol. The Kier molecular flexibility index (Phi) is 4.03. The third-order valence-corrected chi connectivity index (χ3v) is 0.932. The molecule has 3 nitrogen and oxygen atoms in total. The molecule has 0 saturated carbocycles. The summed E-state index contributed by atoms with van der Waals surface area (Å²) in [5.74, 6) is -0.642. The highest BCUT2D eigenvalue weighted by atomic mass is 16.5. The summed E-state index contributed by atoms with van der Waals surface area (Å²) >= 11 is 0. The third-order valence-electron chi connectivity index (χ3n) is 0.932. The summed E-state index contributed by atoms with van der Waals surface area (Å²) in [6.45, 7) is 3.74. The zero-order valence-electron chi connectivity index (χ0n) is 6.92. The number of rotatable bonds is 3. The van der Waals surface area contributed by atoms with E-state index in [1.165, 1.54) is 7.11 Å². The van der Waals surface area contributed by atoms with Gasteiger partial charge in [0, 0.05) is 0 Å². The van der Waals surface area contributed by atoms with Crippen molar-refractivity contribution < 1.29 is 14.6 Å². The molecule has 0 atom stereocenters. The summed E-state index contributed by atoms with van der Waals surface area (Å²) in [5.41, 5.74) is 0.999. The number of carbonyl (C=O) groups is 1. The van der Waals surface area contributed by atoms with Crippen LogP contribution in [0.3, 0.4) is 0 Å². The van der Waals surface area contributed by atoms with Crippen molar-refractivity contribution in [2.24, 2.45) is 0 Å². The van der Waals surface area contributed by atoms with Gasteiger partial charge in [-0.25, -0.2) is 4.79 Å². The number of hydrogen-bond donors (Lipinski definition) is 1. The van der Waals surface area contributed by atoms with Crippen molar-refractivity contribution in [3.05, 3.63) is 23.5 Å². The first-order valence-corrected chi connectivity index (χ1v) is 3.19. The lowest BCUT2D eigenvalue weighted by Gasteiger charge is -1.98. The molecule has 0 aromatic heterocycles. The van der Waals surface area contributed by atoms with Gasteiger partial charge in [0.05, 0.1) is 13.2 Å². The van der Waals surface area contributed by atoms with E-state index in [0.717, 1.165) is 11.6 Å². The van der Waals surface area contributed by atoms with Gasteiger partial charge in [-0.2, -0.15) is 0 Å². The average Bonchev–Trinajstić information content (AvgIpc) is 1.84. The summed E-state index contributed by atoms with van der Waals surface area (Å²) in [6, 6.07) is 0. The molecule has 1 N–H and O–H groups in total. The highest BCUT2D eigenvalue weighted by molar-refractivity contribution is 5.80. The molecule has 0 rings (SSSR count). The van der Waals surface area contributed by atoms with Crippen molar-refractivity contribution in [2.45, 2.75) is 13.8 Å². The molecule has 0 unspecified atom stereocenters. The van der Waals surface area contributed by atoms with Gasteiger partial charge >= 0.3 is 5.97 Å². The predicted octanol–water partition coefficient (Wildman–Crippen LogP) is 1.57. The maximum absolute atomic E-state index is 10.2. The number of hydrogen-bond acceptors (Lipinski definition) is 2. The molecule has 0 radical (unpaired) electrons. The van der Waals surface area contributed by atoms with E-state index in [2.05, 4.69) is 0 Å². The minimum absolute atomic E-state index is 0.359. The zero-order valence-corrected chi connectivity index (χ0v) is 6.92. The van der Waals surface area contributed by atoms with Crippen LogP contribution in [-0.2, 0) is 9.53 Å². The van der Waals surface area contributed by atoms with Gasteiger partial charge in [0.15, 0.2) is 0 Å². The normalized spacial score (nSPS) is 10.6. The Morgan fingerprint density at radius 3 is 2.18 bits per heavy atom. The van der Waals surface area contributed by atoms with Crippen LogP contribution in [0.2, 0.25) is 0 Å². The van der Waals surface area contributed by atoms with Gasteiger partial charge in [-0.05, 0) is 19.9 Å². The minimum Gasteiger partial charge on any atom is -0.496 e. The largest absolute Gasteiger partial charge is 0.496 e. The Bertz CT molecular complexity index is 197. The van der Waals surface area contributed by atoms with E-state index >= 15 is 0 Å². The summed E-state index contributed by atoms with van der Waals surface area (Å²) in [7, 11) is 1.44. The van der Waals surface area contributed by atoms with Gasteiger partial charge < -0.3 is 9.84 Å². The molecule has 0 heterocycles. The highest BCUT2D eigenvalue weighted by Crippen LogP contribution is 2.01. The van der Waals surface area contributed by atoms with Crippen molar-refractivity contribution >= 4 is 5.97 Å². The number of allylic oxidation sites excluding steroid dienone is 2. The zero-order chi connectivity index (χ0) is 8.85. The van der Waals surface area contributed by atoms with Gasteiger partial charge in [-0.1, -0.05) is 5.57 Å². The van der Waals surface area contributed by atoms with E-state index in [0.29, 0.717) is 5.76 Å². The molecule has 0 amide bonds. The number of carboxylic acids is 1. The van der Waals surface area contributed by atoms with E-state index in [9.17, 15) is 4.79 Å². The fraction of sp³-hybridized carbons (Fsp3) is 0.375. The van der Waals surface area contributed by atoms with Crippen molar-refractivity contribution in [3.8, 4) is 0 Å². The topological polar surface area (TPSA) is 46.5 Å². The summed E-state index contributed by atoms with van der Waals surface area (Å²) in [5, 5.41) is 8.34. The van der Waals surface area contributed by atoms with Crippen LogP contribution in [0.4, 0.5) is 0 Å². The van der Waals surface area contributed by atoms with Crippen LogP contribution in [0.1, 0.15) is 13.8 Å². The molecular formula is C8H12O3. The van der Waals surface area contributed by atoms with Crippen LogP contribution in [0.5, 0.6) is 0 Å². The molecule has 0 aliphatic heterocycles. The van der Waals surface area contributed by atoms with E-state index in [-0.39, 0.29) is 0 Å². The molecule has 3 heteroatoms. The van der Waals surface area contributed by atoms with Crippen molar-refractivity contribution in [2.75, 3.05) is 7.11 Å². The molecule has 0 aliphatic carbocycles. The lowest BCUT2D eigenvalue weighted by molar-refractivity contribution is -0.131. The lowest BCUT2D eigenvalue weighted by Crippen LogP contribution is -1.92. The van der Waals surface area contributed by atoms with Gasteiger partial charge in [0.25, 0.3) is 0 Å². The van der Waals surface area contributed by atoms with E-state index in [4.69, 9.17) is 9.84 Å². The molecular weight excluding hydrogens is 144 g/mol. The summed E-state index contributed by atoms with van der Waals surface area (Å²) < 4.78 is 4.78. The molecule has 0 bridgehead atoms. The van der Waals surface area contributed by atoms with Crippen molar-refractivity contribution in [3.63, 3.8) is 0 Å². The molecule has 0 aromatic rings. The van der Waals surface area contributed by atoms with E-state index < -0.39 is 5.97 Å². The number of aliphatic carboxylic acids is 1. The molecule has 0 saturated heterocycles. The minimum atomic E-state index is -1.00. The second-order valence-corrected chi connectivity index (χ2v) is 2.31. The highest BCUT2D eigenvalue weighted by Gasteiger charge is 1.94. The maximum Gasteiger partial charge on any atom is 0.332 e. The number of ether oxygens (including phenoxy) is 1. The molecule has 62 valence electrons. The number of methoxy groups -OCH3 is 1. The van der Waals surface area contributed by atoms with Crippen molar-refractivity contribution in [1.82, 2.24) is 0 Å². The summed E-state index contributed by atoms with van der Waals surface area (Å²) in [4.78, 5) is 10.2. The fourth-order valence-electron chi connectivity index (χ4n) is 0.566. The Morgan fingerprint density at radius 2 is 1.91 bits per heavy atom. The molecule has 0 aromatic carbocycles. The van der Waals surface area contributed by atoms with Crippen LogP contribution >= 0.6 is 0 Å². The van der Waals surface area contributed by atoms with Crippen LogP contribution in [0.25, 0.3) is 0 Å². The first kappa shape index (κ1) is 9.75. The maximum atomic E-state index is 10.2. The van der Waals surface area contributed by atoms with Crippen LogP contribution in [0.15, 0.2) is 23.5 Å². The second-order valence-electron chi connectivity index (χ2n) is 2.31. The van der Waals surface area contributed by atoms with Crippen LogP contribution in [0, 0.1) is 0 Å². The number of carboxylic acid groups (broad SMARTS) is 1. The van der Waals surface area contributed by atoms with Crippen LogP contribution in [-0.4, -0.2) is 18.2 Å². The van der Waals surface area contributed by atoms with Gasteiger partial charge in [-0.3, -0.25) is 0 Å². The van der Waals surface area contributed by atoms with Gasteiger partial charge in [0.2, 0.25) is 0 Å². The van der Waals surface area contributed by atoms with Crippen LogP contribution < -0.4 is 0 Å². The van der Waals surface area contributed by atoms with Crippen molar-refractivity contribution in [1.29, 1.82) is 0 Å². The predicted molar refractivity (Wildman–Crippen MR) is 42.2 cm³/mol. The quantitative estimate of drug-likeness (QED) is 0.383. The average molecular weight is 156 g/mol. The standard InChI is InChI=1S/C8H12O3/c1-6(2)4-7(11-3)5-8(9)10/h4-5H,1-3H3,(H,9,10)/b7-5+. The molecule has 0 spiro atoms. The molecule has 11 heavy (non-hydrogen) atoms. The lowest BCUT2D eigenvalue weighted by atomic mass is 10.3. The molecule has 0 fully saturated rings. The van der Waals surface area contributed by atoms with Gasteiger partial charge in [0.1, 0.15) is 5.76 Å². The Balaban J connectivity index is 4.41. The Morgan fingerprint density at radius 1 is 1.36 bits per heavy atom. The first-order chi connectivity index (χ1) is 5.06. The van der Waals surface area contributed by atoms with E-state index in [1.807, 2.05) is 13.8 Å². The SMILES string of the molecule is CO/C(C=C(C)C)=C/C(=O)O. The summed E-state index contributed by atoms with van der Waals surface area (Å²) in [6.07, 6.45) is 2.68. The van der Waals surface area contributed by atoms with Gasteiger partial charge in [-0.15, -0.1) is 0 Å². The smallest absolute Gasteiger partial charge is 0.332 e. The van der Waals surface area contributed by atoms with E-state index in [1.54, 1.807) is 6.08 Å². The fourth-order valence-corrected chi connectivity index (χ4v) is 0.566.